The number of aromatic nitrogens is 4. The van der Waals surface area contributed by atoms with Crippen LogP contribution in [0.15, 0.2) is 18.5 Å². The molecule has 20 heavy (non-hydrogen) atoms. The second-order valence-electron chi connectivity index (χ2n) is 5.43. The van der Waals surface area contributed by atoms with E-state index >= 15 is 0 Å². The normalized spacial score (nSPS) is 12.8. The standard InChI is InChI=1S/C15H25N5/c1-12(6-10-19-9-5-7-17-19)16-8-11-20-15(4)13(2)14(3)18-20/h5,7,9,12,16H,6,8,10-11H2,1-4H3. The van der Waals surface area contributed by atoms with Crippen LogP contribution >= 0.6 is 0 Å². The highest BCUT2D eigenvalue weighted by Gasteiger charge is 2.07. The zero-order valence-electron chi connectivity index (χ0n) is 12.9. The van der Waals surface area contributed by atoms with E-state index < -0.39 is 0 Å². The Hall–Kier alpha value is -1.62. The molecule has 5 heteroatoms. The predicted octanol–water partition coefficient (Wildman–Crippen LogP) is 2.07. The zero-order chi connectivity index (χ0) is 14.5. The summed E-state index contributed by atoms with van der Waals surface area (Å²) in [7, 11) is 0. The molecule has 1 N–H and O–H groups in total. The maximum absolute atomic E-state index is 4.56. The highest BCUT2D eigenvalue weighted by atomic mass is 15.3. The lowest BCUT2D eigenvalue weighted by atomic mass is 10.2. The molecule has 0 aliphatic carbocycles. The first-order valence-electron chi connectivity index (χ1n) is 7.29. The topological polar surface area (TPSA) is 47.7 Å². The number of hydrogen-bond donors (Lipinski definition) is 1. The van der Waals surface area contributed by atoms with Crippen LogP contribution in [0.1, 0.15) is 30.3 Å². The first-order chi connectivity index (χ1) is 9.58. The van der Waals surface area contributed by atoms with Crippen LogP contribution in [0.4, 0.5) is 0 Å². The van der Waals surface area contributed by atoms with E-state index in [1.54, 1.807) is 0 Å². The zero-order valence-corrected chi connectivity index (χ0v) is 12.9. The van der Waals surface area contributed by atoms with Crippen molar-refractivity contribution in [3.8, 4) is 0 Å². The van der Waals surface area contributed by atoms with Gasteiger partial charge in [-0.3, -0.25) is 9.36 Å². The lowest BCUT2D eigenvalue weighted by molar-refractivity contribution is 0.437. The number of nitrogens with zero attached hydrogens (tertiary/aromatic N) is 4. The van der Waals surface area contributed by atoms with Gasteiger partial charge in [0, 0.05) is 37.2 Å². The summed E-state index contributed by atoms with van der Waals surface area (Å²) in [5.41, 5.74) is 3.71. The number of hydrogen-bond acceptors (Lipinski definition) is 3. The monoisotopic (exact) mass is 275 g/mol. The second kappa shape index (κ2) is 6.70. The minimum absolute atomic E-state index is 0.484. The molecule has 110 valence electrons. The Balaban J connectivity index is 1.71. The quantitative estimate of drug-likeness (QED) is 0.841. The fourth-order valence-corrected chi connectivity index (χ4v) is 2.28. The van der Waals surface area contributed by atoms with Gasteiger partial charge < -0.3 is 5.32 Å². The average molecular weight is 275 g/mol. The summed E-state index contributed by atoms with van der Waals surface area (Å²) in [4.78, 5) is 0. The fraction of sp³-hybridized carbons (Fsp3) is 0.600. The summed E-state index contributed by atoms with van der Waals surface area (Å²) < 4.78 is 4.07. The minimum Gasteiger partial charge on any atom is -0.312 e. The highest BCUT2D eigenvalue weighted by molar-refractivity contribution is 5.22. The van der Waals surface area contributed by atoms with Crippen LogP contribution in [-0.2, 0) is 13.1 Å². The lowest BCUT2D eigenvalue weighted by Gasteiger charge is -2.14. The molecule has 0 bridgehead atoms. The van der Waals surface area contributed by atoms with Gasteiger partial charge >= 0.3 is 0 Å². The van der Waals surface area contributed by atoms with Gasteiger partial charge in [-0.2, -0.15) is 10.2 Å². The van der Waals surface area contributed by atoms with Crippen LogP contribution < -0.4 is 5.32 Å². The Labute approximate surface area is 121 Å². The maximum atomic E-state index is 4.56. The molecule has 0 saturated heterocycles. The van der Waals surface area contributed by atoms with Gasteiger partial charge in [-0.15, -0.1) is 0 Å². The molecular weight excluding hydrogens is 250 g/mol. The molecular formula is C15H25N5. The van der Waals surface area contributed by atoms with E-state index in [0.717, 1.165) is 31.7 Å². The third-order valence-electron chi connectivity index (χ3n) is 3.91. The Bertz CT molecular complexity index is 527. The molecule has 0 amide bonds. The van der Waals surface area contributed by atoms with Gasteiger partial charge in [0.2, 0.25) is 0 Å². The fourth-order valence-electron chi connectivity index (χ4n) is 2.28. The van der Waals surface area contributed by atoms with Gasteiger partial charge in [0.15, 0.2) is 0 Å². The van der Waals surface area contributed by atoms with Crippen molar-refractivity contribution in [3.63, 3.8) is 0 Å². The summed E-state index contributed by atoms with van der Waals surface area (Å²) in [6.45, 7) is 11.4. The molecule has 2 rings (SSSR count). The predicted molar refractivity (Wildman–Crippen MR) is 80.7 cm³/mol. The van der Waals surface area contributed by atoms with E-state index in [0.29, 0.717) is 6.04 Å². The van der Waals surface area contributed by atoms with Crippen LogP contribution in [0.3, 0.4) is 0 Å². The van der Waals surface area contributed by atoms with Crippen molar-refractivity contribution in [1.29, 1.82) is 0 Å². The molecule has 1 unspecified atom stereocenters. The summed E-state index contributed by atoms with van der Waals surface area (Å²) in [6.07, 6.45) is 4.91. The van der Waals surface area contributed by atoms with Crippen LogP contribution in [0, 0.1) is 20.8 Å². The minimum atomic E-state index is 0.484. The summed E-state index contributed by atoms with van der Waals surface area (Å²) in [5.74, 6) is 0. The van der Waals surface area contributed by atoms with Crippen molar-refractivity contribution in [2.45, 2.75) is 53.2 Å². The first kappa shape index (κ1) is 14.8. The van der Waals surface area contributed by atoms with Crippen molar-refractivity contribution in [3.05, 3.63) is 35.4 Å². The van der Waals surface area contributed by atoms with Gasteiger partial charge in [0.1, 0.15) is 0 Å². The molecule has 2 aromatic heterocycles. The molecule has 0 saturated carbocycles. The van der Waals surface area contributed by atoms with Gasteiger partial charge in [-0.25, -0.2) is 0 Å². The largest absolute Gasteiger partial charge is 0.312 e. The van der Waals surface area contributed by atoms with E-state index in [1.165, 1.54) is 11.3 Å². The number of nitrogens with one attached hydrogen (secondary N) is 1. The van der Waals surface area contributed by atoms with Gasteiger partial charge in [-0.05, 0) is 45.7 Å². The second-order valence-corrected chi connectivity index (χ2v) is 5.43. The van der Waals surface area contributed by atoms with Crippen LogP contribution in [-0.4, -0.2) is 32.1 Å². The van der Waals surface area contributed by atoms with E-state index in [1.807, 2.05) is 23.1 Å². The third-order valence-corrected chi connectivity index (χ3v) is 3.91. The summed E-state index contributed by atoms with van der Waals surface area (Å²) >= 11 is 0. The molecule has 1 atom stereocenters. The van der Waals surface area contributed by atoms with Crippen molar-refractivity contribution in [2.24, 2.45) is 0 Å². The average Bonchev–Trinajstić information content (AvgIpc) is 3.02. The molecule has 0 aliphatic rings. The van der Waals surface area contributed by atoms with E-state index in [-0.39, 0.29) is 0 Å². The highest BCUT2D eigenvalue weighted by Crippen LogP contribution is 2.10. The Kier molecular flexibility index (Phi) is 4.95. The smallest absolute Gasteiger partial charge is 0.0625 e. The lowest BCUT2D eigenvalue weighted by Crippen LogP contribution is -2.30. The van der Waals surface area contributed by atoms with E-state index in [2.05, 4.69) is 47.9 Å². The molecule has 2 aromatic rings. The molecule has 0 aliphatic heterocycles. The van der Waals surface area contributed by atoms with Crippen LogP contribution in [0.5, 0.6) is 0 Å². The molecule has 2 heterocycles. The first-order valence-corrected chi connectivity index (χ1v) is 7.29. The number of rotatable bonds is 7. The summed E-state index contributed by atoms with van der Waals surface area (Å²) in [6, 6.07) is 2.45. The van der Waals surface area contributed by atoms with Gasteiger partial charge in [0.25, 0.3) is 0 Å². The van der Waals surface area contributed by atoms with Gasteiger partial charge in [0.05, 0.1) is 12.2 Å². The maximum Gasteiger partial charge on any atom is 0.0625 e. The summed E-state index contributed by atoms with van der Waals surface area (Å²) in [5, 5.41) is 12.3. The molecule has 0 fully saturated rings. The van der Waals surface area contributed by atoms with Crippen molar-refractivity contribution in [2.75, 3.05) is 6.54 Å². The van der Waals surface area contributed by atoms with E-state index in [4.69, 9.17) is 0 Å². The molecule has 5 nitrogen and oxygen atoms in total. The van der Waals surface area contributed by atoms with Crippen LogP contribution in [0.25, 0.3) is 0 Å². The molecule has 0 spiro atoms. The Morgan fingerprint density at radius 1 is 1.25 bits per heavy atom. The van der Waals surface area contributed by atoms with Gasteiger partial charge in [-0.1, -0.05) is 0 Å². The van der Waals surface area contributed by atoms with Crippen molar-refractivity contribution < 1.29 is 0 Å². The van der Waals surface area contributed by atoms with Crippen molar-refractivity contribution >= 4 is 0 Å². The molecule has 0 aromatic carbocycles. The SMILES string of the molecule is Cc1nn(CCNC(C)CCn2cccn2)c(C)c1C. The van der Waals surface area contributed by atoms with Crippen LogP contribution in [0.2, 0.25) is 0 Å². The third kappa shape index (κ3) is 3.70. The Morgan fingerprint density at radius 3 is 2.65 bits per heavy atom. The Morgan fingerprint density at radius 2 is 2.05 bits per heavy atom. The molecule has 0 radical (unpaired) electrons. The van der Waals surface area contributed by atoms with Crippen molar-refractivity contribution in [1.82, 2.24) is 24.9 Å². The number of aryl methyl sites for hydroxylation is 2. The van der Waals surface area contributed by atoms with E-state index in [9.17, 15) is 0 Å².